The molecule has 0 aliphatic heterocycles. The highest BCUT2D eigenvalue weighted by atomic mass is 16.5. The SMILES string of the molecule is COC(=O)CCCC=CNC(C(C)C)[C@H](N)C(=O)O. The molecule has 0 heterocycles. The summed E-state index contributed by atoms with van der Waals surface area (Å²) in [5.74, 6) is -1.15. The van der Waals surface area contributed by atoms with Crippen LogP contribution in [0.15, 0.2) is 12.3 Å². The van der Waals surface area contributed by atoms with Gasteiger partial charge in [0, 0.05) is 6.42 Å². The van der Waals surface area contributed by atoms with E-state index in [9.17, 15) is 9.59 Å². The van der Waals surface area contributed by atoms with Crippen molar-refractivity contribution in [3.05, 3.63) is 12.3 Å². The zero-order valence-corrected chi connectivity index (χ0v) is 11.8. The third-order valence-electron chi connectivity index (χ3n) is 2.78. The van der Waals surface area contributed by atoms with Crippen LogP contribution in [0.4, 0.5) is 0 Å². The maximum absolute atomic E-state index is 10.9. The monoisotopic (exact) mass is 272 g/mol. The van der Waals surface area contributed by atoms with Crippen LogP contribution in [-0.2, 0) is 14.3 Å². The molecule has 0 spiro atoms. The fraction of sp³-hybridized carbons (Fsp3) is 0.692. The number of methoxy groups -OCH3 is 1. The van der Waals surface area contributed by atoms with Crippen LogP contribution in [0.25, 0.3) is 0 Å². The number of carboxylic acids is 1. The Labute approximate surface area is 114 Å². The lowest BCUT2D eigenvalue weighted by Gasteiger charge is -2.24. The number of esters is 1. The molecule has 0 amide bonds. The van der Waals surface area contributed by atoms with Crippen LogP contribution >= 0.6 is 0 Å². The van der Waals surface area contributed by atoms with Gasteiger partial charge in [-0.3, -0.25) is 9.59 Å². The van der Waals surface area contributed by atoms with E-state index in [1.54, 1.807) is 6.20 Å². The molecule has 6 nitrogen and oxygen atoms in total. The van der Waals surface area contributed by atoms with Crippen molar-refractivity contribution in [2.24, 2.45) is 11.7 Å². The van der Waals surface area contributed by atoms with Crippen molar-refractivity contribution in [1.82, 2.24) is 5.32 Å². The molecule has 1 unspecified atom stereocenters. The molecule has 0 saturated heterocycles. The summed E-state index contributed by atoms with van der Waals surface area (Å²) in [7, 11) is 1.36. The van der Waals surface area contributed by atoms with Gasteiger partial charge in [0.15, 0.2) is 0 Å². The molecule has 0 aromatic heterocycles. The van der Waals surface area contributed by atoms with Gasteiger partial charge in [-0.15, -0.1) is 0 Å². The first-order chi connectivity index (χ1) is 8.90. The zero-order chi connectivity index (χ0) is 14.8. The molecular weight excluding hydrogens is 248 g/mol. The summed E-state index contributed by atoms with van der Waals surface area (Å²) in [5, 5.41) is 11.9. The number of nitrogens with one attached hydrogen (secondary N) is 1. The minimum absolute atomic E-state index is 0.103. The first kappa shape index (κ1) is 17.4. The van der Waals surface area contributed by atoms with Gasteiger partial charge in [0.05, 0.1) is 13.2 Å². The highest BCUT2D eigenvalue weighted by Crippen LogP contribution is 2.06. The Hall–Kier alpha value is -1.56. The average molecular weight is 272 g/mol. The second-order valence-electron chi connectivity index (χ2n) is 4.67. The average Bonchev–Trinajstić information content (AvgIpc) is 2.36. The molecule has 2 atom stereocenters. The van der Waals surface area contributed by atoms with Gasteiger partial charge in [-0.05, 0) is 25.0 Å². The van der Waals surface area contributed by atoms with Crippen molar-refractivity contribution >= 4 is 11.9 Å². The fourth-order valence-corrected chi connectivity index (χ4v) is 1.59. The number of ether oxygens (including phenoxy) is 1. The van der Waals surface area contributed by atoms with Crippen molar-refractivity contribution in [3.63, 3.8) is 0 Å². The van der Waals surface area contributed by atoms with E-state index in [1.807, 2.05) is 19.9 Å². The molecule has 0 aromatic carbocycles. The first-order valence-corrected chi connectivity index (χ1v) is 6.36. The number of aliphatic carboxylic acids is 1. The van der Waals surface area contributed by atoms with Crippen LogP contribution in [0.2, 0.25) is 0 Å². The van der Waals surface area contributed by atoms with Crippen molar-refractivity contribution < 1.29 is 19.4 Å². The summed E-state index contributed by atoms with van der Waals surface area (Å²) in [6.45, 7) is 3.82. The van der Waals surface area contributed by atoms with Crippen LogP contribution in [-0.4, -0.2) is 36.2 Å². The molecule has 0 bridgehead atoms. The number of rotatable bonds is 9. The van der Waals surface area contributed by atoms with Crippen molar-refractivity contribution in [2.45, 2.75) is 45.2 Å². The number of nitrogens with two attached hydrogens (primary N) is 1. The van der Waals surface area contributed by atoms with Crippen molar-refractivity contribution in [2.75, 3.05) is 7.11 Å². The Kier molecular flexibility index (Phi) is 8.61. The molecule has 0 radical (unpaired) electrons. The normalized spacial score (nSPS) is 14.4. The Morgan fingerprint density at radius 3 is 2.53 bits per heavy atom. The summed E-state index contributed by atoms with van der Waals surface area (Å²) in [4.78, 5) is 21.7. The van der Waals surface area contributed by atoms with E-state index < -0.39 is 12.0 Å². The van der Waals surface area contributed by atoms with Crippen LogP contribution < -0.4 is 11.1 Å². The largest absolute Gasteiger partial charge is 0.480 e. The first-order valence-electron chi connectivity index (χ1n) is 6.36. The Bertz CT molecular complexity index is 316. The van der Waals surface area contributed by atoms with Gasteiger partial charge < -0.3 is 20.9 Å². The quantitative estimate of drug-likeness (QED) is 0.425. The van der Waals surface area contributed by atoms with E-state index >= 15 is 0 Å². The van der Waals surface area contributed by atoms with E-state index in [4.69, 9.17) is 10.8 Å². The lowest BCUT2D eigenvalue weighted by atomic mass is 9.97. The molecule has 110 valence electrons. The van der Waals surface area contributed by atoms with Crippen molar-refractivity contribution in [1.29, 1.82) is 0 Å². The Balaban J connectivity index is 4.05. The maximum atomic E-state index is 10.9. The van der Waals surface area contributed by atoms with Crippen LogP contribution in [0.5, 0.6) is 0 Å². The topological polar surface area (TPSA) is 102 Å². The van der Waals surface area contributed by atoms with Crippen LogP contribution in [0.1, 0.15) is 33.1 Å². The molecule has 4 N–H and O–H groups in total. The smallest absolute Gasteiger partial charge is 0.322 e. The van der Waals surface area contributed by atoms with E-state index in [2.05, 4.69) is 10.1 Å². The number of carbonyl (C=O) groups excluding carboxylic acids is 1. The van der Waals surface area contributed by atoms with Crippen LogP contribution in [0, 0.1) is 5.92 Å². The molecule has 0 aromatic rings. The fourth-order valence-electron chi connectivity index (χ4n) is 1.59. The number of allylic oxidation sites excluding steroid dienone is 1. The molecule has 0 fully saturated rings. The zero-order valence-electron chi connectivity index (χ0n) is 11.8. The predicted octanol–water partition coefficient (Wildman–Crippen LogP) is 0.870. The summed E-state index contributed by atoms with van der Waals surface area (Å²) >= 11 is 0. The summed E-state index contributed by atoms with van der Waals surface area (Å²) < 4.78 is 4.52. The number of carboxylic acid groups (broad SMARTS) is 1. The van der Waals surface area contributed by atoms with Crippen LogP contribution in [0.3, 0.4) is 0 Å². The molecule has 0 aliphatic rings. The minimum atomic E-state index is -1.02. The third kappa shape index (κ3) is 7.46. The standard InChI is InChI=1S/C13H24N2O4/c1-9(2)12(11(14)13(17)18)15-8-6-4-5-7-10(16)19-3/h6,8-9,11-12,15H,4-5,7,14H2,1-3H3,(H,17,18)/t11-,12?/m0/s1. The van der Waals surface area contributed by atoms with Gasteiger partial charge in [-0.1, -0.05) is 19.9 Å². The summed E-state index contributed by atoms with van der Waals surface area (Å²) in [6.07, 6.45) is 5.35. The molecule has 6 heteroatoms. The van der Waals surface area contributed by atoms with E-state index in [1.165, 1.54) is 7.11 Å². The minimum Gasteiger partial charge on any atom is -0.480 e. The maximum Gasteiger partial charge on any atom is 0.322 e. The molecule has 0 aliphatic carbocycles. The van der Waals surface area contributed by atoms with E-state index in [-0.39, 0.29) is 17.9 Å². The molecule has 19 heavy (non-hydrogen) atoms. The highest BCUT2D eigenvalue weighted by Gasteiger charge is 2.25. The second kappa shape index (κ2) is 9.38. The Morgan fingerprint density at radius 2 is 2.05 bits per heavy atom. The van der Waals surface area contributed by atoms with Gasteiger partial charge in [0.2, 0.25) is 0 Å². The van der Waals surface area contributed by atoms with E-state index in [0.29, 0.717) is 12.8 Å². The van der Waals surface area contributed by atoms with Gasteiger partial charge >= 0.3 is 11.9 Å². The van der Waals surface area contributed by atoms with Crippen molar-refractivity contribution in [3.8, 4) is 0 Å². The lowest BCUT2D eigenvalue weighted by Crippen LogP contribution is -2.51. The number of carbonyl (C=O) groups is 2. The number of unbranched alkanes of at least 4 members (excludes halogenated alkanes) is 1. The number of hydrogen-bond acceptors (Lipinski definition) is 5. The lowest BCUT2D eigenvalue weighted by molar-refractivity contribution is -0.141. The van der Waals surface area contributed by atoms with Gasteiger partial charge in [-0.2, -0.15) is 0 Å². The number of hydrogen-bond donors (Lipinski definition) is 3. The molecule has 0 saturated carbocycles. The highest BCUT2D eigenvalue weighted by molar-refractivity contribution is 5.74. The van der Waals surface area contributed by atoms with Gasteiger partial charge in [0.1, 0.15) is 6.04 Å². The molecule has 0 rings (SSSR count). The predicted molar refractivity (Wildman–Crippen MR) is 72.4 cm³/mol. The van der Waals surface area contributed by atoms with Gasteiger partial charge in [0.25, 0.3) is 0 Å². The third-order valence-corrected chi connectivity index (χ3v) is 2.78. The summed E-state index contributed by atoms with van der Waals surface area (Å²) in [6, 6.07) is -1.27. The summed E-state index contributed by atoms with van der Waals surface area (Å²) in [5.41, 5.74) is 5.60. The van der Waals surface area contributed by atoms with Gasteiger partial charge in [-0.25, -0.2) is 0 Å². The Morgan fingerprint density at radius 1 is 1.42 bits per heavy atom. The molecular formula is C13H24N2O4. The second-order valence-corrected chi connectivity index (χ2v) is 4.67. The van der Waals surface area contributed by atoms with E-state index in [0.717, 1.165) is 6.42 Å².